The van der Waals surface area contributed by atoms with Gasteiger partial charge in [-0.1, -0.05) is 6.08 Å². The van der Waals surface area contributed by atoms with Gasteiger partial charge in [0.25, 0.3) is 0 Å². The SMILES string of the molecule is C=CCCNC(=S)NC(=O)/C=C/c1ccco1. The molecule has 0 aliphatic heterocycles. The van der Waals surface area contributed by atoms with Crippen LogP contribution in [0.15, 0.2) is 41.5 Å². The topological polar surface area (TPSA) is 54.3 Å². The fourth-order valence-corrected chi connectivity index (χ4v) is 1.23. The van der Waals surface area contributed by atoms with Crippen LogP contribution >= 0.6 is 12.2 Å². The maximum absolute atomic E-state index is 11.4. The lowest BCUT2D eigenvalue weighted by molar-refractivity contribution is -0.115. The highest BCUT2D eigenvalue weighted by Gasteiger charge is 1.99. The number of amides is 1. The number of thiocarbonyl (C=S) groups is 1. The summed E-state index contributed by atoms with van der Waals surface area (Å²) in [6.45, 7) is 4.24. The van der Waals surface area contributed by atoms with Crippen LogP contribution < -0.4 is 10.6 Å². The summed E-state index contributed by atoms with van der Waals surface area (Å²) >= 11 is 4.92. The van der Waals surface area contributed by atoms with Gasteiger partial charge >= 0.3 is 0 Å². The zero-order valence-electron chi connectivity index (χ0n) is 9.31. The Hall–Kier alpha value is -1.88. The summed E-state index contributed by atoms with van der Waals surface area (Å²) in [6, 6.07) is 3.50. The molecular formula is C12H14N2O2S. The number of carbonyl (C=O) groups is 1. The van der Waals surface area contributed by atoms with Gasteiger partial charge in [-0.3, -0.25) is 10.1 Å². The van der Waals surface area contributed by atoms with Gasteiger partial charge in [-0.2, -0.15) is 0 Å². The first-order chi connectivity index (χ1) is 8.22. The van der Waals surface area contributed by atoms with Crippen molar-refractivity contribution < 1.29 is 9.21 Å². The van der Waals surface area contributed by atoms with Crippen molar-refractivity contribution in [1.82, 2.24) is 10.6 Å². The molecule has 1 rings (SSSR count). The Morgan fingerprint density at radius 2 is 2.41 bits per heavy atom. The first-order valence-electron chi connectivity index (χ1n) is 5.13. The molecule has 2 N–H and O–H groups in total. The minimum absolute atomic E-state index is 0.294. The maximum Gasteiger partial charge on any atom is 0.250 e. The van der Waals surface area contributed by atoms with Crippen LogP contribution in [0, 0.1) is 0 Å². The molecule has 1 heterocycles. The van der Waals surface area contributed by atoms with Gasteiger partial charge in [0.15, 0.2) is 5.11 Å². The summed E-state index contributed by atoms with van der Waals surface area (Å²) in [4.78, 5) is 11.4. The van der Waals surface area contributed by atoms with Gasteiger partial charge in [-0.15, -0.1) is 6.58 Å². The predicted molar refractivity (Wildman–Crippen MR) is 71.3 cm³/mol. The highest BCUT2D eigenvalue weighted by Crippen LogP contribution is 2.01. The van der Waals surface area contributed by atoms with E-state index in [-0.39, 0.29) is 5.91 Å². The smallest absolute Gasteiger partial charge is 0.250 e. The molecular weight excluding hydrogens is 236 g/mol. The lowest BCUT2D eigenvalue weighted by Crippen LogP contribution is -2.38. The monoisotopic (exact) mass is 250 g/mol. The molecule has 0 bridgehead atoms. The van der Waals surface area contributed by atoms with Crippen LogP contribution in [0.4, 0.5) is 0 Å². The number of hydrogen-bond acceptors (Lipinski definition) is 3. The number of nitrogens with one attached hydrogen (secondary N) is 2. The molecule has 17 heavy (non-hydrogen) atoms. The van der Waals surface area contributed by atoms with Crippen LogP contribution in [0.1, 0.15) is 12.2 Å². The van der Waals surface area contributed by atoms with Gasteiger partial charge < -0.3 is 9.73 Å². The van der Waals surface area contributed by atoms with Gasteiger partial charge in [-0.25, -0.2) is 0 Å². The van der Waals surface area contributed by atoms with E-state index in [2.05, 4.69) is 17.2 Å². The minimum Gasteiger partial charge on any atom is -0.465 e. The van der Waals surface area contributed by atoms with Crippen molar-refractivity contribution in [3.63, 3.8) is 0 Å². The molecule has 1 aromatic rings. The number of rotatable bonds is 5. The number of hydrogen-bond donors (Lipinski definition) is 2. The van der Waals surface area contributed by atoms with Crippen LogP contribution in [-0.2, 0) is 4.79 Å². The molecule has 0 radical (unpaired) electrons. The Balaban J connectivity index is 2.29. The molecule has 90 valence electrons. The molecule has 0 atom stereocenters. The zero-order valence-corrected chi connectivity index (χ0v) is 10.1. The Morgan fingerprint density at radius 3 is 3.06 bits per heavy atom. The van der Waals surface area contributed by atoms with Crippen LogP contribution in [0.3, 0.4) is 0 Å². The lowest BCUT2D eigenvalue weighted by atomic mass is 10.4. The Bertz CT molecular complexity index is 410. The summed E-state index contributed by atoms with van der Waals surface area (Å²) in [7, 11) is 0. The van der Waals surface area contributed by atoms with E-state index in [9.17, 15) is 4.79 Å². The van der Waals surface area contributed by atoms with Crippen molar-refractivity contribution in [1.29, 1.82) is 0 Å². The van der Waals surface area contributed by atoms with E-state index in [1.54, 1.807) is 30.5 Å². The average molecular weight is 250 g/mol. The first-order valence-corrected chi connectivity index (χ1v) is 5.54. The second-order valence-corrected chi connectivity index (χ2v) is 3.58. The minimum atomic E-state index is -0.294. The summed E-state index contributed by atoms with van der Waals surface area (Å²) in [6.07, 6.45) is 7.04. The van der Waals surface area contributed by atoms with Crippen molar-refractivity contribution in [2.45, 2.75) is 6.42 Å². The molecule has 5 heteroatoms. The molecule has 0 saturated heterocycles. The fourth-order valence-electron chi connectivity index (χ4n) is 1.03. The third kappa shape index (κ3) is 5.67. The largest absolute Gasteiger partial charge is 0.465 e. The van der Waals surface area contributed by atoms with Crippen molar-refractivity contribution in [3.05, 3.63) is 42.9 Å². The fraction of sp³-hybridized carbons (Fsp3) is 0.167. The van der Waals surface area contributed by atoms with Crippen LogP contribution in [0.5, 0.6) is 0 Å². The van der Waals surface area contributed by atoms with E-state index in [0.29, 0.717) is 17.4 Å². The quantitative estimate of drug-likeness (QED) is 0.362. The van der Waals surface area contributed by atoms with Crippen molar-refractivity contribution in [2.75, 3.05) is 6.54 Å². The van der Waals surface area contributed by atoms with E-state index < -0.39 is 0 Å². The van der Waals surface area contributed by atoms with E-state index in [1.807, 2.05) is 0 Å². The van der Waals surface area contributed by atoms with Crippen LogP contribution in [0.25, 0.3) is 6.08 Å². The van der Waals surface area contributed by atoms with Crippen LogP contribution in [0.2, 0.25) is 0 Å². The molecule has 0 fully saturated rings. The van der Waals surface area contributed by atoms with Gasteiger partial charge in [0, 0.05) is 12.6 Å². The third-order valence-corrected chi connectivity index (χ3v) is 2.06. The van der Waals surface area contributed by atoms with Crippen LogP contribution in [-0.4, -0.2) is 17.6 Å². The summed E-state index contributed by atoms with van der Waals surface area (Å²) in [5, 5.41) is 5.70. The molecule has 1 amide bonds. The third-order valence-electron chi connectivity index (χ3n) is 1.81. The molecule has 4 nitrogen and oxygen atoms in total. The number of furan rings is 1. The van der Waals surface area contributed by atoms with Crippen molar-refractivity contribution in [3.8, 4) is 0 Å². The molecule has 1 aromatic heterocycles. The highest BCUT2D eigenvalue weighted by atomic mass is 32.1. The van der Waals surface area contributed by atoms with Crippen molar-refractivity contribution >= 4 is 29.3 Å². The van der Waals surface area contributed by atoms with E-state index in [0.717, 1.165) is 6.42 Å². The molecule has 0 saturated carbocycles. The Morgan fingerprint density at radius 1 is 1.59 bits per heavy atom. The molecule has 0 aliphatic carbocycles. The Kier molecular flexibility index (Phi) is 5.74. The normalized spacial score (nSPS) is 10.1. The zero-order chi connectivity index (χ0) is 12.5. The van der Waals surface area contributed by atoms with E-state index in [1.165, 1.54) is 6.08 Å². The van der Waals surface area contributed by atoms with Crippen molar-refractivity contribution in [2.24, 2.45) is 0 Å². The second-order valence-electron chi connectivity index (χ2n) is 3.17. The predicted octanol–water partition coefficient (Wildman–Crippen LogP) is 1.86. The molecule has 0 aromatic carbocycles. The van der Waals surface area contributed by atoms with E-state index >= 15 is 0 Å². The number of carbonyl (C=O) groups excluding carboxylic acids is 1. The highest BCUT2D eigenvalue weighted by molar-refractivity contribution is 7.80. The molecule has 0 spiro atoms. The van der Waals surface area contributed by atoms with Gasteiger partial charge in [0.2, 0.25) is 5.91 Å². The molecule has 0 unspecified atom stereocenters. The van der Waals surface area contributed by atoms with E-state index in [4.69, 9.17) is 16.6 Å². The van der Waals surface area contributed by atoms with Gasteiger partial charge in [-0.05, 0) is 36.8 Å². The molecule has 0 aliphatic rings. The Labute approximate surface area is 105 Å². The standard InChI is InChI=1S/C12H14N2O2S/c1-2-3-8-13-12(17)14-11(15)7-6-10-5-4-9-16-10/h2,4-7,9H,1,3,8H2,(H2,13,14,15,17)/b7-6+. The summed E-state index contributed by atoms with van der Waals surface area (Å²) < 4.78 is 5.04. The maximum atomic E-state index is 11.4. The second kappa shape index (κ2) is 7.40. The van der Waals surface area contributed by atoms with Gasteiger partial charge in [0.1, 0.15) is 5.76 Å². The first kappa shape index (κ1) is 13.2. The summed E-state index contributed by atoms with van der Waals surface area (Å²) in [5.74, 6) is 0.322. The summed E-state index contributed by atoms with van der Waals surface area (Å²) in [5.41, 5.74) is 0. The lowest BCUT2D eigenvalue weighted by Gasteiger charge is -2.05. The van der Waals surface area contributed by atoms with Gasteiger partial charge in [0.05, 0.1) is 6.26 Å². The average Bonchev–Trinajstić information content (AvgIpc) is 2.79.